The van der Waals surface area contributed by atoms with Crippen LogP contribution in [0.4, 0.5) is 0 Å². The molecule has 4 saturated heterocycles. The van der Waals surface area contributed by atoms with Gasteiger partial charge in [0.2, 0.25) is 53.2 Å². The third-order valence-electron chi connectivity index (χ3n) is 19.8. The predicted molar refractivity (Wildman–Crippen MR) is 420 cm³/mol. The molecule has 16 unspecified atom stereocenters. The fraction of sp³-hybridized carbons (Fsp3) is 0.831. The molecule has 0 aromatic heterocycles. The Morgan fingerprint density at radius 1 is 0.458 bits per heavy atom. The van der Waals surface area contributed by atoms with Gasteiger partial charge in [0.1, 0.15) is 78.6 Å². The number of ether oxygens (including phenoxy) is 9. The lowest BCUT2D eigenvalue weighted by atomic mass is 9.95. The third kappa shape index (κ3) is 41.6. The minimum absolute atomic E-state index is 0.0454. The van der Waals surface area contributed by atoms with E-state index < -0.39 is 154 Å². The van der Waals surface area contributed by atoms with Crippen molar-refractivity contribution in [2.45, 2.75) is 272 Å². The number of amides is 9. The van der Waals surface area contributed by atoms with Gasteiger partial charge in [-0.3, -0.25) is 47.7 Å². The first-order valence-corrected chi connectivity index (χ1v) is 43.0. The van der Waals surface area contributed by atoms with Crippen LogP contribution in [0.15, 0.2) is 12.3 Å². The molecule has 4 heterocycles. The molecule has 19 N–H and O–H groups in total. The molecule has 118 heavy (non-hydrogen) atoms. The minimum atomic E-state index is -3.77. The summed E-state index contributed by atoms with van der Waals surface area (Å²) in [6.07, 6.45) is -2.26. The highest BCUT2D eigenvalue weighted by molar-refractivity contribution is 7.52. The fourth-order valence-corrected chi connectivity index (χ4v) is 14.1. The smallest absolute Gasteiger partial charge is 0.329 e. The molecule has 4 fully saturated rings. The molecule has 9 amide bonds. The van der Waals surface area contributed by atoms with Crippen LogP contribution in [0, 0.1) is 17.8 Å². The third-order valence-corrected chi connectivity index (χ3v) is 21.2. The van der Waals surface area contributed by atoms with E-state index in [2.05, 4.69) is 54.4 Å². The summed E-state index contributed by atoms with van der Waals surface area (Å²) in [7, 11) is -3.77. The number of hydrogen-bond donors (Lipinski definition) is 19. The summed E-state index contributed by atoms with van der Waals surface area (Å²) in [5, 5.41) is 122. The van der Waals surface area contributed by atoms with Crippen LogP contribution in [-0.2, 0) is 94.9 Å². The number of aliphatic hydroxyl groups excluding tert-OH is 10. The molecule has 4 aliphatic rings. The maximum absolute atomic E-state index is 14.4. The molecule has 41 heteroatoms. The number of hydrogen-bond acceptors (Lipinski definition) is 30. The predicted octanol–water partition coefficient (Wildman–Crippen LogP) is -2.67. The van der Waals surface area contributed by atoms with Crippen LogP contribution in [-0.4, -0.2) is 343 Å². The summed E-state index contributed by atoms with van der Waals surface area (Å²) in [5.74, 6) is 1.02. The zero-order valence-electron chi connectivity index (χ0n) is 68.5. The molecule has 4 rings (SSSR count). The van der Waals surface area contributed by atoms with Gasteiger partial charge >= 0.3 is 7.60 Å². The second-order valence-corrected chi connectivity index (χ2v) is 31.9. The Labute approximate surface area is 690 Å². The maximum atomic E-state index is 14.4. The highest BCUT2D eigenvalue weighted by Gasteiger charge is 2.49. The number of carbonyl (C=O) groups is 9. The standard InChI is InChI=1S/C77H134N9O31P/c1-52(91)82-64-70(102)67(99)56(46-88)115-74(64)111-36-20-11-6-16-32-79-60(95)28-40-108-49-77(50-109-41-29-61(96)80-33-17-7-12-21-37-112-75-65(83-53(2)92)71(103)68(100)57(47-89)116-75,51-110-42-30-62(97)81-34-18-8-13-22-38-113-76-66(84-54(3)93)72(104)69(101)58(48-90)117-76)85-73(105)55-44-86(45-55)63(98)27-25-26-59(94)78-31-15-5-4-10-23-39-114-118(106,107)43-24-14-9-19-35-87/h19,35,55-58,64-72,74-76,87-90,99-104H,4-8,10-13,15-18,20-34,36-51H2,1-3H3,(H,78,94)(H,79,95)(H,80,96)(H,81,97)(H,82,91)(H,83,92)(H,84,93)(H,85,105)(H,106,107)/b35-19+. The van der Waals surface area contributed by atoms with Crippen molar-refractivity contribution in [3.63, 3.8) is 0 Å². The maximum Gasteiger partial charge on any atom is 0.329 e. The van der Waals surface area contributed by atoms with Crippen molar-refractivity contribution in [3.05, 3.63) is 12.3 Å². The summed E-state index contributed by atoms with van der Waals surface area (Å²) in [5.41, 5.74) is -1.50. The molecule has 16 atom stereocenters. The summed E-state index contributed by atoms with van der Waals surface area (Å²) >= 11 is 0. The van der Waals surface area contributed by atoms with Crippen LogP contribution in [0.3, 0.4) is 0 Å². The molecule has 0 aliphatic carbocycles. The highest BCUT2D eigenvalue weighted by Crippen LogP contribution is 2.42. The molecule has 40 nitrogen and oxygen atoms in total. The Morgan fingerprint density at radius 3 is 1.14 bits per heavy atom. The highest BCUT2D eigenvalue weighted by atomic mass is 31.2. The number of nitrogens with one attached hydrogen (secondary N) is 8. The van der Waals surface area contributed by atoms with Gasteiger partial charge in [-0.2, -0.15) is 0 Å². The summed E-state index contributed by atoms with van der Waals surface area (Å²) in [6, 6.07) is -3.22. The Kier molecular flexibility index (Phi) is 52.5. The van der Waals surface area contributed by atoms with Crippen LogP contribution in [0.1, 0.15) is 175 Å². The van der Waals surface area contributed by atoms with Crippen molar-refractivity contribution in [1.82, 2.24) is 47.4 Å². The van der Waals surface area contributed by atoms with Gasteiger partial charge in [0.15, 0.2) is 18.9 Å². The first kappa shape index (κ1) is 104. The number of likely N-dealkylation sites (tertiary alicyclic amines) is 1. The minimum Gasteiger partial charge on any atom is -0.515 e. The van der Waals surface area contributed by atoms with Crippen molar-refractivity contribution < 1.29 is 151 Å². The van der Waals surface area contributed by atoms with Gasteiger partial charge in [-0.05, 0) is 57.8 Å². The fourth-order valence-electron chi connectivity index (χ4n) is 13.1. The molecule has 0 saturated carbocycles. The van der Waals surface area contributed by atoms with Crippen molar-refractivity contribution in [3.8, 4) is 11.8 Å². The van der Waals surface area contributed by atoms with Crippen molar-refractivity contribution >= 4 is 60.8 Å². The zero-order valence-corrected chi connectivity index (χ0v) is 69.4. The summed E-state index contributed by atoms with van der Waals surface area (Å²) < 4.78 is 70.0. The van der Waals surface area contributed by atoms with Crippen molar-refractivity contribution in [2.75, 3.05) is 131 Å². The summed E-state index contributed by atoms with van der Waals surface area (Å²) in [6.45, 7) is 2.78. The molecule has 0 aromatic carbocycles. The van der Waals surface area contributed by atoms with E-state index in [1.165, 1.54) is 31.7 Å². The number of rotatable bonds is 62. The number of allylic oxidation sites excluding steroid dienone is 1. The average Bonchev–Trinajstić information content (AvgIpc) is 0.825. The van der Waals surface area contributed by atoms with E-state index in [9.17, 15) is 98.6 Å². The van der Waals surface area contributed by atoms with Crippen LogP contribution in [0.2, 0.25) is 0 Å². The molecular formula is C77H134N9O31P. The Balaban J connectivity index is 1.33. The van der Waals surface area contributed by atoms with Gasteiger partial charge in [-0.25, -0.2) is 0 Å². The van der Waals surface area contributed by atoms with Gasteiger partial charge in [0.25, 0.3) is 0 Å². The van der Waals surface area contributed by atoms with Gasteiger partial charge in [0.05, 0.1) is 84.4 Å². The molecule has 0 bridgehead atoms. The molecule has 678 valence electrons. The quantitative estimate of drug-likeness (QED) is 0.0128. The van der Waals surface area contributed by atoms with Crippen LogP contribution < -0.4 is 42.5 Å². The Morgan fingerprint density at radius 2 is 0.797 bits per heavy atom. The molecule has 0 aromatic rings. The number of carbonyl (C=O) groups excluding carboxylic acids is 9. The second-order valence-electron chi connectivity index (χ2n) is 29.9. The van der Waals surface area contributed by atoms with Crippen LogP contribution >= 0.6 is 7.60 Å². The molecule has 0 spiro atoms. The lowest BCUT2D eigenvalue weighted by molar-refractivity contribution is -0.270. The van der Waals surface area contributed by atoms with E-state index in [0.717, 1.165) is 25.5 Å². The van der Waals surface area contributed by atoms with Gasteiger partial charge in [0, 0.05) is 124 Å². The van der Waals surface area contributed by atoms with Gasteiger partial charge in [-0.15, -0.1) is 0 Å². The molecule has 4 aliphatic heterocycles. The molecule has 0 radical (unpaired) electrons. The Hall–Kier alpha value is -6.24. The van der Waals surface area contributed by atoms with Crippen molar-refractivity contribution in [2.24, 2.45) is 5.92 Å². The second kappa shape index (κ2) is 59.5. The lowest BCUT2D eigenvalue weighted by Crippen LogP contribution is -2.64. The van der Waals surface area contributed by atoms with Gasteiger partial charge < -0.3 is 151 Å². The van der Waals surface area contributed by atoms with Crippen LogP contribution in [0.5, 0.6) is 0 Å². The van der Waals surface area contributed by atoms with Crippen molar-refractivity contribution in [1.29, 1.82) is 0 Å². The van der Waals surface area contributed by atoms with Gasteiger partial charge in [-0.1, -0.05) is 69.6 Å². The van der Waals surface area contributed by atoms with E-state index in [1.807, 2.05) is 0 Å². The van der Waals surface area contributed by atoms with E-state index >= 15 is 0 Å². The SMILES string of the molecule is CC(=O)NC1C(OCCCCCCNC(=O)CCOCC(COCCC(=O)NCCCCCCOC2OC(CO)C(O)C(O)C2NC(C)=O)(COCCC(=O)NCCCCCCOC2OC(CO)C(O)C(O)C2NC(C)=O)NC(=O)C2CN(C(=O)CCCC(=O)NCCCCCCCOP(=O)(O)CCC#C/C=C/O)C2)OC(CO)C(O)C1O. The first-order chi connectivity index (χ1) is 56.6. The van der Waals surface area contributed by atoms with E-state index in [1.54, 1.807) is 0 Å². The average molecular weight is 1710 g/mol. The normalized spacial score (nSPS) is 24.9. The zero-order chi connectivity index (χ0) is 86.7. The number of nitrogens with zero attached hydrogens (tertiary/aromatic N) is 1. The largest absolute Gasteiger partial charge is 0.515 e. The number of aliphatic hydroxyl groups is 10. The first-order valence-electron chi connectivity index (χ1n) is 41.3. The van der Waals surface area contributed by atoms with E-state index in [0.29, 0.717) is 116 Å². The monoisotopic (exact) mass is 1710 g/mol. The molecular weight excluding hydrogens is 1580 g/mol. The Bertz CT molecular complexity index is 2880. The van der Waals surface area contributed by atoms with E-state index in [4.69, 9.17) is 52.3 Å². The number of unbranched alkanes of at least 4 members (excludes halogenated alkanes) is 13. The topological polar surface area (TPSA) is 585 Å². The van der Waals surface area contributed by atoms with E-state index in [-0.39, 0.29) is 160 Å². The summed E-state index contributed by atoms with van der Waals surface area (Å²) in [4.78, 5) is 127. The lowest BCUT2D eigenvalue weighted by Gasteiger charge is -2.42. The van der Waals surface area contributed by atoms with Crippen LogP contribution in [0.25, 0.3) is 0 Å².